The van der Waals surface area contributed by atoms with Crippen LogP contribution in [0.5, 0.6) is 0 Å². The number of nitrogens with one attached hydrogen (secondary N) is 2. The average molecular weight is 235 g/mol. The maximum atomic E-state index is 11.9. The molecule has 0 radical (unpaired) electrons. The Morgan fingerprint density at radius 3 is 2.88 bits per heavy atom. The second-order valence-corrected chi connectivity index (χ2v) is 3.48. The predicted molar refractivity (Wildman–Crippen MR) is 68.6 cm³/mol. The van der Waals surface area contributed by atoms with Crippen LogP contribution in [0.4, 0.5) is 0 Å². The van der Waals surface area contributed by atoms with E-state index in [0.717, 1.165) is 0 Å². The van der Waals surface area contributed by atoms with Crippen LogP contribution in [0.1, 0.15) is 6.92 Å². The molecule has 1 rings (SSSR count). The molecule has 0 bridgehead atoms. The van der Waals surface area contributed by atoms with Crippen molar-refractivity contribution >= 4 is 18.5 Å². The molecule has 0 aromatic rings. The summed E-state index contributed by atoms with van der Waals surface area (Å²) in [6.07, 6.45) is 2.94. The number of nitrogens with zero attached hydrogens (tertiary/aromatic N) is 3. The first kappa shape index (κ1) is 13.1. The van der Waals surface area contributed by atoms with E-state index in [-0.39, 0.29) is 12.1 Å². The highest BCUT2D eigenvalue weighted by atomic mass is 16.2. The van der Waals surface area contributed by atoms with E-state index in [1.54, 1.807) is 13.1 Å². The van der Waals surface area contributed by atoms with Crippen LogP contribution >= 0.6 is 0 Å². The van der Waals surface area contributed by atoms with Crippen molar-refractivity contribution in [2.24, 2.45) is 9.98 Å². The topological polar surface area (TPSA) is 69.1 Å². The van der Waals surface area contributed by atoms with Crippen LogP contribution in [0, 0.1) is 0 Å². The van der Waals surface area contributed by atoms with Crippen molar-refractivity contribution in [3.8, 4) is 0 Å². The van der Waals surface area contributed by atoms with E-state index in [9.17, 15) is 4.79 Å². The number of hydrogen-bond donors (Lipinski definition) is 2. The van der Waals surface area contributed by atoms with Crippen LogP contribution < -0.4 is 10.7 Å². The minimum Gasteiger partial charge on any atom is -0.299 e. The van der Waals surface area contributed by atoms with Crippen molar-refractivity contribution < 1.29 is 4.79 Å². The molecule has 92 valence electrons. The van der Waals surface area contributed by atoms with Gasteiger partial charge in [0.2, 0.25) is 0 Å². The van der Waals surface area contributed by atoms with Gasteiger partial charge >= 0.3 is 0 Å². The molecule has 1 fully saturated rings. The first-order chi connectivity index (χ1) is 8.13. The summed E-state index contributed by atoms with van der Waals surface area (Å²) in [6, 6.07) is 0. The number of hydrazine groups is 1. The molecule has 1 unspecified atom stereocenters. The zero-order valence-corrected chi connectivity index (χ0v) is 10.1. The third-order valence-corrected chi connectivity index (χ3v) is 2.24. The van der Waals surface area contributed by atoms with Crippen molar-refractivity contribution in [1.29, 1.82) is 0 Å². The Bertz CT molecular complexity index is 385. The van der Waals surface area contributed by atoms with E-state index in [4.69, 9.17) is 0 Å². The Kier molecular flexibility index (Phi) is 4.59. The molecule has 6 nitrogen and oxygen atoms in total. The van der Waals surface area contributed by atoms with Crippen LogP contribution in [-0.4, -0.2) is 43.2 Å². The van der Waals surface area contributed by atoms with Gasteiger partial charge in [-0.05, 0) is 20.7 Å². The molecule has 2 N–H and O–H groups in total. The lowest BCUT2D eigenvalue weighted by atomic mass is 10.2. The molecule has 6 heteroatoms. The fraction of sp³-hybridized carbons (Fsp3) is 0.364. The second kappa shape index (κ2) is 5.95. The van der Waals surface area contributed by atoms with E-state index in [2.05, 4.69) is 34.0 Å². The monoisotopic (exact) mass is 235 g/mol. The van der Waals surface area contributed by atoms with E-state index in [1.807, 2.05) is 6.92 Å². The molecule has 1 amide bonds. The lowest BCUT2D eigenvalue weighted by molar-refractivity contribution is -0.126. The normalized spacial score (nSPS) is 21.8. The van der Waals surface area contributed by atoms with Gasteiger partial charge in [-0.1, -0.05) is 6.08 Å². The number of carbonyl (C=O) groups excluding carboxylic acids is 1. The smallest absolute Gasteiger partial charge is 0.277 e. The minimum atomic E-state index is -0.181. The number of rotatable bonds is 5. The van der Waals surface area contributed by atoms with E-state index in [0.29, 0.717) is 18.0 Å². The second-order valence-electron chi connectivity index (χ2n) is 3.48. The van der Waals surface area contributed by atoms with Gasteiger partial charge in [0.25, 0.3) is 5.91 Å². The number of aliphatic imine (C=N–C) groups is 2. The molecule has 0 aromatic heterocycles. The zero-order valence-electron chi connectivity index (χ0n) is 10.1. The molecular weight excluding hydrogens is 218 g/mol. The number of amidine groups is 1. The molecule has 1 heterocycles. The first-order valence-corrected chi connectivity index (χ1v) is 5.24. The Hall–Kier alpha value is -1.95. The number of carbonyl (C=O) groups is 1. The molecule has 1 atom stereocenters. The quantitative estimate of drug-likeness (QED) is 0.402. The Morgan fingerprint density at radius 2 is 2.35 bits per heavy atom. The van der Waals surface area contributed by atoms with E-state index >= 15 is 0 Å². The maximum absolute atomic E-state index is 11.9. The van der Waals surface area contributed by atoms with Crippen LogP contribution in [0.25, 0.3) is 0 Å². The number of hydrogen-bond acceptors (Lipinski definition) is 4. The minimum absolute atomic E-state index is 0.0952. The third kappa shape index (κ3) is 3.01. The van der Waals surface area contributed by atoms with Gasteiger partial charge in [-0.15, -0.1) is 6.58 Å². The molecule has 0 aromatic carbocycles. The molecule has 0 aliphatic carbocycles. The Morgan fingerprint density at radius 1 is 1.65 bits per heavy atom. The zero-order chi connectivity index (χ0) is 12.8. The Balaban J connectivity index is 3.00. The van der Waals surface area contributed by atoms with Crippen molar-refractivity contribution in [3.05, 3.63) is 24.4 Å². The van der Waals surface area contributed by atoms with Gasteiger partial charge in [-0.25, -0.2) is 10.0 Å². The lowest BCUT2D eigenvalue weighted by Gasteiger charge is -2.12. The van der Waals surface area contributed by atoms with Gasteiger partial charge in [-0.3, -0.25) is 20.5 Å². The summed E-state index contributed by atoms with van der Waals surface area (Å²) in [5, 5.41) is 4.39. The molecule has 1 saturated heterocycles. The highest BCUT2D eigenvalue weighted by Crippen LogP contribution is 2.11. The summed E-state index contributed by atoms with van der Waals surface area (Å²) in [7, 11) is 1.79. The lowest BCUT2D eigenvalue weighted by Crippen LogP contribution is -2.36. The standard InChI is InChI=1S/C11H17N5O/c1-5-6-16-11(17)9(7-12-3)10(15-16)14-8(2)13-4/h5,7-8,13H,1,3,6H2,2,4H3,(H,14,15)/b9-7+. The van der Waals surface area contributed by atoms with Crippen LogP contribution in [0.3, 0.4) is 0 Å². The van der Waals surface area contributed by atoms with Crippen molar-refractivity contribution in [3.63, 3.8) is 0 Å². The van der Waals surface area contributed by atoms with Crippen molar-refractivity contribution in [2.75, 3.05) is 13.6 Å². The van der Waals surface area contributed by atoms with Gasteiger partial charge < -0.3 is 0 Å². The maximum Gasteiger partial charge on any atom is 0.277 e. The molecular formula is C11H17N5O. The summed E-state index contributed by atoms with van der Waals surface area (Å²) in [4.78, 5) is 19.9. The summed E-state index contributed by atoms with van der Waals surface area (Å²) in [5.41, 5.74) is 3.31. The van der Waals surface area contributed by atoms with Gasteiger partial charge in [0.1, 0.15) is 5.57 Å². The fourth-order valence-corrected chi connectivity index (χ4v) is 1.31. The summed E-state index contributed by atoms with van der Waals surface area (Å²) in [5.74, 6) is 0.311. The van der Waals surface area contributed by atoms with Gasteiger partial charge in [0.05, 0.1) is 12.7 Å². The van der Waals surface area contributed by atoms with Gasteiger partial charge in [-0.2, -0.15) is 0 Å². The van der Waals surface area contributed by atoms with Crippen molar-refractivity contribution in [2.45, 2.75) is 13.1 Å². The highest BCUT2D eigenvalue weighted by molar-refractivity contribution is 6.24. The molecule has 17 heavy (non-hydrogen) atoms. The van der Waals surface area contributed by atoms with Crippen LogP contribution in [0.2, 0.25) is 0 Å². The molecule has 1 aliphatic rings. The van der Waals surface area contributed by atoms with E-state index < -0.39 is 0 Å². The van der Waals surface area contributed by atoms with E-state index in [1.165, 1.54) is 11.2 Å². The highest BCUT2D eigenvalue weighted by Gasteiger charge is 2.31. The third-order valence-electron chi connectivity index (χ3n) is 2.24. The summed E-state index contributed by atoms with van der Waals surface area (Å²) in [6.45, 7) is 9.22. The average Bonchev–Trinajstić information content (AvgIpc) is 2.59. The van der Waals surface area contributed by atoms with Crippen molar-refractivity contribution in [1.82, 2.24) is 15.8 Å². The van der Waals surface area contributed by atoms with Gasteiger partial charge in [0, 0.05) is 6.20 Å². The van der Waals surface area contributed by atoms with Gasteiger partial charge in [0.15, 0.2) is 5.84 Å². The SMILES string of the molecule is C=CCN1NC(=N/C(C)NC)/C(=C\N=C)C1=O. The first-order valence-electron chi connectivity index (χ1n) is 5.24. The summed E-state index contributed by atoms with van der Waals surface area (Å²) >= 11 is 0. The molecule has 0 saturated carbocycles. The Labute approximate surface area is 101 Å². The van der Waals surface area contributed by atoms with Crippen LogP contribution in [-0.2, 0) is 4.79 Å². The number of amides is 1. The van der Waals surface area contributed by atoms with Crippen LogP contribution in [0.15, 0.2) is 34.4 Å². The predicted octanol–water partition coefficient (Wildman–Crippen LogP) is 0.0676. The fourth-order valence-electron chi connectivity index (χ4n) is 1.31. The summed E-state index contributed by atoms with van der Waals surface area (Å²) < 4.78 is 0. The molecule has 0 spiro atoms. The molecule has 1 aliphatic heterocycles. The largest absolute Gasteiger partial charge is 0.299 e.